The van der Waals surface area contributed by atoms with Gasteiger partial charge in [0.1, 0.15) is 0 Å². The molecule has 1 saturated heterocycles. The number of aliphatic hydroxyl groups excluding tert-OH is 1. The van der Waals surface area contributed by atoms with E-state index in [-0.39, 0.29) is 0 Å². The molecule has 1 aliphatic heterocycles. The third kappa shape index (κ3) is 2.65. The van der Waals surface area contributed by atoms with Crippen LogP contribution in [0, 0.1) is 23.5 Å². The highest BCUT2D eigenvalue weighted by Crippen LogP contribution is 2.38. The normalized spacial score (nSPS) is 28.6. The largest absolute Gasteiger partial charge is 0.387 e. The van der Waals surface area contributed by atoms with E-state index >= 15 is 0 Å². The van der Waals surface area contributed by atoms with E-state index in [1.165, 1.54) is 25.3 Å². The van der Waals surface area contributed by atoms with Gasteiger partial charge in [-0.2, -0.15) is 0 Å². The van der Waals surface area contributed by atoms with Crippen LogP contribution in [-0.4, -0.2) is 29.6 Å². The molecular weight excluding hydrogens is 248 g/mol. The summed E-state index contributed by atoms with van der Waals surface area (Å²) in [6.07, 6.45) is 3.17. The van der Waals surface area contributed by atoms with E-state index in [4.69, 9.17) is 0 Å². The van der Waals surface area contributed by atoms with Crippen LogP contribution in [0.2, 0.25) is 0 Å². The Balaban J connectivity index is 1.62. The first-order chi connectivity index (χ1) is 9.13. The highest BCUT2D eigenvalue weighted by molar-refractivity contribution is 5.20. The van der Waals surface area contributed by atoms with E-state index in [9.17, 15) is 13.9 Å². The summed E-state index contributed by atoms with van der Waals surface area (Å²) in [7, 11) is 0. The van der Waals surface area contributed by atoms with E-state index in [2.05, 4.69) is 4.90 Å². The van der Waals surface area contributed by atoms with Gasteiger partial charge in [0, 0.05) is 19.6 Å². The Bertz CT molecular complexity index is 453. The van der Waals surface area contributed by atoms with Crippen molar-refractivity contribution in [3.8, 4) is 0 Å². The molecule has 3 rings (SSSR count). The maximum absolute atomic E-state index is 13.1. The second-order valence-electron chi connectivity index (χ2n) is 5.86. The highest BCUT2D eigenvalue weighted by Gasteiger charge is 2.36. The van der Waals surface area contributed by atoms with Crippen LogP contribution < -0.4 is 0 Å². The number of likely N-dealkylation sites (tertiary alicyclic amines) is 1. The third-order valence-electron chi connectivity index (χ3n) is 4.56. The average molecular weight is 267 g/mol. The van der Waals surface area contributed by atoms with Gasteiger partial charge in [-0.25, -0.2) is 8.78 Å². The summed E-state index contributed by atoms with van der Waals surface area (Å²) in [6.45, 7) is 2.58. The molecule has 0 spiro atoms. The van der Waals surface area contributed by atoms with Gasteiger partial charge in [-0.1, -0.05) is 12.5 Å². The predicted molar refractivity (Wildman–Crippen MR) is 68.6 cm³/mol. The SMILES string of the molecule is OC(CN1CC2CCCC2C1)c1ccc(F)c(F)c1. The number of nitrogens with zero attached hydrogens (tertiary/aromatic N) is 1. The smallest absolute Gasteiger partial charge is 0.159 e. The maximum atomic E-state index is 13.1. The van der Waals surface area contributed by atoms with Crippen LogP contribution in [0.15, 0.2) is 18.2 Å². The number of halogens is 2. The van der Waals surface area contributed by atoms with Gasteiger partial charge in [0.25, 0.3) is 0 Å². The van der Waals surface area contributed by atoms with E-state index in [1.54, 1.807) is 0 Å². The number of rotatable bonds is 3. The Labute approximate surface area is 112 Å². The Morgan fingerprint density at radius 3 is 2.47 bits per heavy atom. The second kappa shape index (κ2) is 5.17. The molecule has 2 fully saturated rings. The summed E-state index contributed by atoms with van der Waals surface area (Å²) >= 11 is 0. The molecule has 0 amide bonds. The van der Waals surface area contributed by atoms with E-state index in [0.29, 0.717) is 12.1 Å². The molecule has 1 aliphatic carbocycles. The van der Waals surface area contributed by atoms with Gasteiger partial charge < -0.3 is 5.11 Å². The summed E-state index contributed by atoms with van der Waals surface area (Å²) in [4.78, 5) is 2.25. The number of hydrogen-bond acceptors (Lipinski definition) is 2. The zero-order valence-corrected chi connectivity index (χ0v) is 10.9. The molecule has 104 valence electrons. The van der Waals surface area contributed by atoms with Gasteiger partial charge in [-0.05, 0) is 42.4 Å². The van der Waals surface area contributed by atoms with Crippen molar-refractivity contribution < 1.29 is 13.9 Å². The number of benzene rings is 1. The van der Waals surface area contributed by atoms with E-state index in [0.717, 1.165) is 37.1 Å². The van der Waals surface area contributed by atoms with Gasteiger partial charge >= 0.3 is 0 Å². The minimum absolute atomic E-state index is 0.455. The molecule has 3 unspecified atom stereocenters. The molecule has 4 heteroatoms. The third-order valence-corrected chi connectivity index (χ3v) is 4.56. The summed E-state index contributed by atoms with van der Waals surface area (Å²) in [5.41, 5.74) is 0.455. The average Bonchev–Trinajstić information content (AvgIpc) is 2.93. The summed E-state index contributed by atoms with van der Waals surface area (Å²) < 4.78 is 26.0. The molecule has 0 radical (unpaired) electrons. The molecule has 1 aromatic carbocycles. The second-order valence-corrected chi connectivity index (χ2v) is 5.86. The van der Waals surface area contributed by atoms with Crippen LogP contribution in [0.5, 0.6) is 0 Å². The predicted octanol–water partition coefficient (Wildman–Crippen LogP) is 2.73. The number of β-amino-alcohol motifs (C(OH)–C–C–N with tert-alkyl or cyclic N) is 1. The summed E-state index contributed by atoms with van der Waals surface area (Å²) in [5, 5.41) is 10.1. The lowest BCUT2D eigenvalue weighted by Gasteiger charge is -2.21. The molecule has 1 aromatic rings. The van der Waals surface area contributed by atoms with Gasteiger partial charge in [-0.3, -0.25) is 4.90 Å². The summed E-state index contributed by atoms with van der Waals surface area (Å²) in [5.74, 6) is -0.212. The molecule has 19 heavy (non-hydrogen) atoms. The van der Waals surface area contributed by atoms with Crippen molar-refractivity contribution in [1.82, 2.24) is 4.90 Å². The van der Waals surface area contributed by atoms with E-state index < -0.39 is 17.7 Å². The molecule has 1 saturated carbocycles. The minimum atomic E-state index is -0.894. The lowest BCUT2D eigenvalue weighted by Crippen LogP contribution is -2.27. The van der Waals surface area contributed by atoms with Gasteiger partial charge in [0.05, 0.1) is 6.10 Å². The van der Waals surface area contributed by atoms with Crippen molar-refractivity contribution in [3.05, 3.63) is 35.4 Å². The van der Waals surface area contributed by atoms with Gasteiger partial charge in [-0.15, -0.1) is 0 Å². The zero-order valence-electron chi connectivity index (χ0n) is 10.9. The highest BCUT2D eigenvalue weighted by atomic mass is 19.2. The fraction of sp³-hybridized carbons (Fsp3) is 0.600. The summed E-state index contributed by atoms with van der Waals surface area (Å²) in [6, 6.07) is 3.63. The number of aliphatic hydroxyl groups is 1. The quantitative estimate of drug-likeness (QED) is 0.910. The lowest BCUT2D eigenvalue weighted by molar-refractivity contribution is 0.121. The van der Waals surface area contributed by atoms with Crippen molar-refractivity contribution in [2.45, 2.75) is 25.4 Å². The molecule has 1 N–H and O–H groups in total. The van der Waals surface area contributed by atoms with Crippen LogP contribution in [0.4, 0.5) is 8.78 Å². The lowest BCUT2D eigenvalue weighted by atomic mass is 10.0. The van der Waals surface area contributed by atoms with Crippen molar-refractivity contribution in [3.63, 3.8) is 0 Å². The molecule has 1 heterocycles. The first-order valence-corrected chi connectivity index (χ1v) is 6.99. The topological polar surface area (TPSA) is 23.5 Å². The van der Waals surface area contributed by atoms with E-state index in [1.807, 2.05) is 0 Å². The van der Waals surface area contributed by atoms with Crippen LogP contribution in [0.25, 0.3) is 0 Å². The molecule has 2 aliphatic rings. The van der Waals surface area contributed by atoms with Gasteiger partial charge in [0.2, 0.25) is 0 Å². The molecule has 2 nitrogen and oxygen atoms in total. The number of fused-ring (bicyclic) bond motifs is 1. The monoisotopic (exact) mass is 267 g/mol. The first-order valence-electron chi connectivity index (χ1n) is 6.99. The fourth-order valence-corrected chi connectivity index (χ4v) is 3.55. The minimum Gasteiger partial charge on any atom is -0.387 e. The standard InChI is InChI=1S/C15H19F2NO/c16-13-5-4-10(6-14(13)17)15(19)9-18-7-11-2-1-3-12(11)8-18/h4-6,11-12,15,19H,1-3,7-9H2. The maximum Gasteiger partial charge on any atom is 0.159 e. The van der Waals surface area contributed by atoms with Crippen LogP contribution in [0.1, 0.15) is 30.9 Å². The van der Waals surface area contributed by atoms with Crippen LogP contribution >= 0.6 is 0 Å². The van der Waals surface area contributed by atoms with Gasteiger partial charge in [0.15, 0.2) is 11.6 Å². The zero-order chi connectivity index (χ0) is 13.4. The Hall–Kier alpha value is -1.00. The first kappa shape index (κ1) is 13.0. The van der Waals surface area contributed by atoms with Crippen molar-refractivity contribution in [2.75, 3.05) is 19.6 Å². The van der Waals surface area contributed by atoms with Crippen molar-refractivity contribution in [1.29, 1.82) is 0 Å². The Morgan fingerprint density at radius 2 is 1.84 bits per heavy atom. The molecule has 0 aromatic heterocycles. The number of hydrogen-bond donors (Lipinski definition) is 1. The molecule has 0 bridgehead atoms. The van der Waals surface area contributed by atoms with Crippen LogP contribution in [-0.2, 0) is 0 Å². The molecular formula is C15H19F2NO. The fourth-order valence-electron chi connectivity index (χ4n) is 3.55. The van der Waals surface area contributed by atoms with Crippen molar-refractivity contribution in [2.24, 2.45) is 11.8 Å². The van der Waals surface area contributed by atoms with Crippen LogP contribution in [0.3, 0.4) is 0 Å². The Morgan fingerprint density at radius 1 is 1.16 bits per heavy atom. The van der Waals surface area contributed by atoms with Crippen molar-refractivity contribution >= 4 is 0 Å². The Kier molecular flexibility index (Phi) is 3.54. The molecule has 3 atom stereocenters.